The molecule has 1 fully saturated rings. The summed E-state index contributed by atoms with van der Waals surface area (Å²) in [4.78, 5) is 26.1. The molecule has 1 saturated heterocycles. The maximum Gasteiger partial charge on any atom is 0.309 e. The summed E-state index contributed by atoms with van der Waals surface area (Å²) in [7, 11) is 0. The van der Waals surface area contributed by atoms with E-state index in [1.54, 1.807) is 11.8 Å². The second-order valence-electron chi connectivity index (χ2n) is 6.63. The number of benzene rings is 1. The van der Waals surface area contributed by atoms with Crippen molar-refractivity contribution >= 4 is 11.9 Å². The molecule has 1 aliphatic heterocycles. The lowest BCUT2D eigenvalue weighted by molar-refractivity contribution is -0.151. The van der Waals surface area contributed by atoms with E-state index < -0.39 is 0 Å². The lowest BCUT2D eigenvalue weighted by Crippen LogP contribution is -2.41. The van der Waals surface area contributed by atoms with Crippen molar-refractivity contribution in [2.45, 2.75) is 33.1 Å². The molecule has 0 aliphatic carbocycles. The Bertz CT molecular complexity index is 758. The molecule has 6 heteroatoms. The fraction of sp³-hybridized carbons (Fsp3) is 0.450. The number of aromatic nitrogens is 1. The molecule has 0 bridgehead atoms. The summed E-state index contributed by atoms with van der Waals surface area (Å²) in [6, 6.07) is 9.78. The highest BCUT2D eigenvalue weighted by atomic mass is 16.5. The number of carbonyl (C=O) groups is 2. The van der Waals surface area contributed by atoms with Crippen LogP contribution in [-0.4, -0.2) is 41.6 Å². The van der Waals surface area contributed by atoms with E-state index in [0.29, 0.717) is 44.0 Å². The van der Waals surface area contributed by atoms with Crippen molar-refractivity contribution in [1.82, 2.24) is 10.1 Å². The molecular weight excluding hydrogens is 332 g/mol. The predicted molar refractivity (Wildman–Crippen MR) is 96.3 cm³/mol. The van der Waals surface area contributed by atoms with E-state index in [1.165, 1.54) is 5.56 Å². The number of ether oxygens (including phenoxy) is 1. The molecule has 0 radical (unpaired) electrons. The van der Waals surface area contributed by atoms with Gasteiger partial charge in [-0.1, -0.05) is 35.0 Å². The molecule has 138 valence electrons. The Morgan fingerprint density at radius 2 is 1.92 bits per heavy atom. The van der Waals surface area contributed by atoms with Gasteiger partial charge in [0.15, 0.2) is 5.76 Å². The number of amides is 1. The van der Waals surface area contributed by atoms with Gasteiger partial charge >= 0.3 is 5.97 Å². The first-order valence-corrected chi connectivity index (χ1v) is 9.04. The van der Waals surface area contributed by atoms with Gasteiger partial charge in [-0.2, -0.15) is 0 Å². The van der Waals surface area contributed by atoms with Crippen LogP contribution in [0.1, 0.15) is 31.0 Å². The highest BCUT2D eigenvalue weighted by Gasteiger charge is 2.28. The lowest BCUT2D eigenvalue weighted by atomic mass is 9.96. The largest absolute Gasteiger partial charge is 0.466 e. The van der Waals surface area contributed by atoms with E-state index in [2.05, 4.69) is 5.16 Å². The summed E-state index contributed by atoms with van der Waals surface area (Å²) in [6.07, 6.45) is 1.51. The SMILES string of the molecule is CCOC(=O)C1CCN(C(=O)Cc2cc(-c3ccc(C)cc3)on2)CC1. The third kappa shape index (κ3) is 4.31. The Labute approximate surface area is 153 Å². The molecule has 26 heavy (non-hydrogen) atoms. The van der Waals surface area contributed by atoms with Crippen LogP contribution >= 0.6 is 0 Å². The first kappa shape index (κ1) is 18.2. The first-order valence-electron chi connectivity index (χ1n) is 9.04. The molecule has 1 aromatic heterocycles. The number of hydrogen-bond donors (Lipinski definition) is 0. The second-order valence-corrected chi connectivity index (χ2v) is 6.63. The van der Waals surface area contributed by atoms with Gasteiger partial charge in [-0.25, -0.2) is 0 Å². The van der Waals surface area contributed by atoms with Gasteiger partial charge in [-0.3, -0.25) is 9.59 Å². The summed E-state index contributed by atoms with van der Waals surface area (Å²) in [5, 5.41) is 4.02. The monoisotopic (exact) mass is 356 g/mol. The number of likely N-dealkylation sites (tertiary alicyclic amines) is 1. The van der Waals surface area contributed by atoms with E-state index in [1.807, 2.05) is 37.3 Å². The molecule has 3 rings (SSSR count). The first-order chi connectivity index (χ1) is 12.6. The van der Waals surface area contributed by atoms with Crippen LogP contribution in [0.25, 0.3) is 11.3 Å². The number of piperidine rings is 1. The van der Waals surface area contributed by atoms with Crippen molar-refractivity contribution in [1.29, 1.82) is 0 Å². The van der Waals surface area contributed by atoms with Crippen LogP contribution in [0.2, 0.25) is 0 Å². The number of esters is 1. The molecule has 0 atom stereocenters. The van der Waals surface area contributed by atoms with E-state index >= 15 is 0 Å². The topological polar surface area (TPSA) is 72.6 Å². The van der Waals surface area contributed by atoms with Gasteiger partial charge in [0.1, 0.15) is 0 Å². The molecule has 0 unspecified atom stereocenters. The molecule has 2 heterocycles. The zero-order chi connectivity index (χ0) is 18.5. The highest BCUT2D eigenvalue weighted by molar-refractivity contribution is 5.79. The molecular formula is C20H24N2O4. The van der Waals surface area contributed by atoms with Gasteiger partial charge in [-0.05, 0) is 26.7 Å². The second kappa shape index (κ2) is 8.17. The maximum absolute atomic E-state index is 12.5. The molecule has 0 spiro atoms. The zero-order valence-corrected chi connectivity index (χ0v) is 15.2. The van der Waals surface area contributed by atoms with Crippen LogP contribution in [0, 0.1) is 12.8 Å². The van der Waals surface area contributed by atoms with Crippen molar-refractivity contribution in [2.24, 2.45) is 5.92 Å². The normalized spacial score (nSPS) is 15.1. The fourth-order valence-corrected chi connectivity index (χ4v) is 3.14. The van der Waals surface area contributed by atoms with Crippen LogP contribution in [0.4, 0.5) is 0 Å². The Morgan fingerprint density at radius 1 is 1.23 bits per heavy atom. The standard InChI is InChI=1S/C20H24N2O4/c1-3-25-20(24)16-8-10-22(11-9-16)19(23)13-17-12-18(26-21-17)15-6-4-14(2)5-7-15/h4-7,12,16H,3,8-11,13H2,1-2H3. The number of nitrogens with zero attached hydrogens (tertiary/aromatic N) is 2. The molecule has 0 saturated carbocycles. The minimum Gasteiger partial charge on any atom is -0.466 e. The summed E-state index contributed by atoms with van der Waals surface area (Å²) < 4.78 is 10.4. The van der Waals surface area contributed by atoms with Gasteiger partial charge in [0.2, 0.25) is 5.91 Å². The van der Waals surface area contributed by atoms with Crippen LogP contribution in [-0.2, 0) is 20.7 Å². The number of rotatable bonds is 5. The summed E-state index contributed by atoms with van der Waals surface area (Å²) in [6.45, 7) is 5.38. The number of aryl methyl sites for hydroxylation is 1. The van der Waals surface area contributed by atoms with Gasteiger partial charge in [0.25, 0.3) is 0 Å². The molecule has 6 nitrogen and oxygen atoms in total. The molecule has 2 aromatic rings. The zero-order valence-electron chi connectivity index (χ0n) is 15.2. The van der Waals surface area contributed by atoms with E-state index in [9.17, 15) is 9.59 Å². The highest BCUT2D eigenvalue weighted by Crippen LogP contribution is 2.22. The van der Waals surface area contributed by atoms with Gasteiger partial charge in [0, 0.05) is 24.7 Å². The van der Waals surface area contributed by atoms with Crippen molar-refractivity contribution in [3.63, 3.8) is 0 Å². The van der Waals surface area contributed by atoms with Crippen LogP contribution < -0.4 is 0 Å². The van der Waals surface area contributed by atoms with E-state index in [0.717, 1.165) is 5.56 Å². The average Bonchev–Trinajstić information content (AvgIpc) is 3.11. The Hall–Kier alpha value is -2.63. The van der Waals surface area contributed by atoms with E-state index in [-0.39, 0.29) is 24.2 Å². The predicted octanol–water partition coefficient (Wildman–Crippen LogP) is 2.99. The van der Waals surface area contributed by atoms with Crippen molar-refractivity contribution in [3.05, 3.63) is 41.6 Å². The van der Waals surface area contributed by atoms with E-state index in [4.69, 9.17) is 9.26 Å². The Balaban J connectivity index is 1.54. The van der Waals surface area contributed by atoms with Crippen molar-refractivity contribution in [2.75, 3.05) is 19.7 Å². The van der Waals surface area contributed by atoms with Crippen LogP contribution in [0.5, 0.6) is 0 Å². The minimum absolute atomic E-state index is 0.0102. The Kier molecular flexibility index (Phi) is 5.71. The molecule has 1 amide bonds. The lowest BCUT2D eigenvalue weighted by Gasteiger charge is -2.30. The third-order valence-corrected chi connectivity index (χ3v) is 4.69. The van der Waals surface area contributed by atoms with Gasteiger partial charge in [-0.15, -0.1) is 0 Å². The number of carbonyl (C=O) groups excluding carboxylic acids is 2. The molecule has 1 aromatic carbocycles. The third-order valence-electron chi connectivity index (χ3n) is 4.69. The van der Waals surface area contributed by atoms with Crippen LogP contribution in [0.3, 0.4) is 0 Å². The van der Waals surface area contributed by atoms with Gasteiger partial charge in [0.05, 0.1) is 24.6 Å². The van der Waals surface area contributed by atoms with Crippen LogP contribution in [0.15, 0.2) is 34.9 Å². The molecule has 0 N–H and O–H groups in total. The summed E-state index contributed by atoms with van der Waals surface area (Å²) in [5.74, 6) is 0.419. The summed E-state index contributed by atoms with van der Waals surface area (Å²) in [5.41, 5.74) is 2.74. The Morgan fingerprint density at radius 3 is 2.58 bits per heavy atom. The molecule has 1 aliphatic rings. The van der Waals surface area contributed by atoms with Crippen molar-refractivity contribution < 1.29 is 18.8 Å². The minimum atomic E-state index is -0.154. The fourth-order valence-electron chi connectivity index (χ4n) is 3.14. The van der Waals surface area contributed by atoms with Crippen molar-refractivity contribution in [3.8, 4) is 11.3 Å². The average molecular weight is 356 g/mol. The smallest absolute Gasteiger partial charge is 0.309 e. The summed E-state index contributed by atoms with van der Waals surface area (Å²) >= 11 is 0. The van der Waals surface area contributed by atoms with Gasteiger partial charge < -0.3 is 14.2 Å². The quantitative estimate of drug-likeness (QED) is 0.770. The number of hydrogen-bond acceptors (Lipinski definition) is 5. The maximum atomic E-state index is 12.5.